The summed E-state index contributed by atoms with van der Waals surface area (Å²) in [4.78, 5) is 19.5. The lowest BCUT2D eigenvalue weighted by atomic mass is 10.3. The van der Waals surface area contributed by atoms with E-state index >= 15 is 0 Å². The smallest absolute Gasteiger partial charge is 0.220 e. The van der Waals surface area contributed by atoms with Crippen LogP contribution in [0.5, 0.6) is 0 Å². The van der Waals surface area contributed by atoms with Crippen LogP contribution in [0.25, 0.3) is 11.0 Å². The van der Waals surface area contributed by atoms with Crippen molar-refractivity contribution in [2.75, 3.05) is 12.3 Å². The number of para-hydroxylation sites is 2. The second-order valence-corrected chi connectivity index (χ2v) is 6.05. The molecule has 0 aliphatic rings. The van der Waals surface area contributed by atoms with E-state index in [0.29, 0.717) is 19.4 Å². The molecule has 0 saturated carbocycles. The van der Waals surface area contributed by atoms with Crippen LogP contribution >= 0.6 is 11.8 Å². The van der Waals surface area contributed by atoms with Crippen molar-refractivity contribution in [3.05, 3.63) is 30.1 Å². The molecule has 3 rings (SSSR count). The number of carbonyl (C=O) groups excluding carboxylic acids is 1. The Morgan fingerprint density at radius 3 is 3.04 bits per heavy atom. The molecule has 0 spiro atoms. The highest BCUT2D eigenvalue weighted by Crippen LogP contribution is 2.12. The monoisotopic (exact) mass is 331 g/mol. The summed E-state index contributed by atoms with van der Waals surface area (Å²) in [6, 6.07) is 7.84. The highest BCUT2D eigenvalue weighted by Gasteiger charge is 2.07. The van der Waals surface area contributed by atoms with Gasteiger partial charge in [0.1, 0.15) is 5.82 Å². The summed E-state index contributed by atoms with van der Waals surface area (Å²) in [6.07, 6.45) is 1.01. The van der Waals surface area contributed by atoms with Crippen molar-refractivity contribution in [2.24, 2.45) is 7.05 Å². The second kappa shape index (κ2) is 7.23. The van der Waals surface area contributed by atoms with E-state index in [2.05, 4.69) is 30.8 Å². The molecule has 0 aliphatic heterocycles. The molecule has 0 fully saturated rings. The standard InChI is InChI=1S/C14H17N7OS/c1-21-14(18-19-20-21)23-9-8-15-13(22)7-6-12-16-10-4-2-3-5-11(10)17-12/h2-5H,6-9H2,1H3,(H,15,22)(H,16,17). The molecule has 0 radical (unpaired) electrons. The Kier molecular flexibility index (Phi) is 4.86. The summed E-state index contributed by atoms with van der Waals surface area (Å²) in [5, 5.41) is 14.8. The van der Waals surface area contributed by atoms with Gasteiger partial charge in [-0.1, -0.05) is 23.9 Å². The molecule has 1 amide bonds. The van der Waals surface area contributed by atoms with Gasteiger partial charge >= 0.3 is 0 Å². The molecule has 3 aromatic rings. The van der Waals surface area contributed by atoms with Crippen LogP contribution < -0.4 is 5.32 Å². The number of H-pyrrole nitrogens is 1. The first-order chi connectivity index (χ1) is 11.2. The van der Waals surface area contributed by atoms with Crippen molar-refractivity contribution in [1.29, 1.82) is 0 Å². The van der Waals surface area contributed by atoms with Crippen molar-refractivity contribution in [1.82, 2.24) is 35.5 Å². The molecule has 0 saturated heterocycles. The first-order valence-corrected chi connectivity index (χ1v) is 8.26. The lowest BCUT2D eigenvalue weighted by molar-refractivity contribution is -0.120. The molecule has 0 atom stereocenters. The molecule has 0 aliphatic carbocycles. The van der Waals surface area contributed by atoms with Crippen molar-refractivity contribution in [3.8, 4) is 0 Å². The van der Waals surface area contributed by atoms with Crippen LogP contribution in [0.3, 0.4) is 0 Å². The van der Waals surface area contributed by atoms with Gasteiger partial charge in [0.25, 0.3) is 0 Å². The number of aromatic amines is 1. The summed E-state index contributed by atoms with van der Waals surface area (Å²) >= 11 is 1.51. The SMILES string of the molecule is Cn1nnnc1SCCNC(=O)CCc1nc2ccccc2[nH]1. The first-order valence-electron chi connectivity index (χ1n) is 7.28. The predicted octanol–water partition coefficient (Wildman–Crippen LogP) is 0.927. The Morgan fingerprint density at radius 1 is 1.39 bits per heavy atom. The topological polar surface area (TPSA) is 101 Å². The molecular formula is C14H17N7OS. The molecule has 2 heterocycles. The van der Waals surface area contributed by atoms with Crippen LogP contribution in [0.4, 0.5) is 0 Å². The Balaban J connectivity index is 1.38. The van der Waals surface area contributed by atoms with Gasteiger partial charge in [-0.05, 0) is 22.6 Å². The minimum Gasteiger partial charge on any atom is -0.355 e. The molecule has 8 nitrogen and oxygen atoms in total. The molecule has 0 unspecified atom stereocenters. The van der Waals surface area contributed by atoms with Crippen LogP contribution in [0.15, 0.2) is 29.4 Å². The highest BCUT2D eigenvalue weighted by atomic mass is 32.2. The number of tetrazole rings is 1. The van der Waals surface area contributed by atoms with Gasteiger partial charge in [0, 0.05) is 32.2 Å². The fourth-order valence-electron chi connectivity index (χ4n) is 2.12. The van der Waals surface area contributed by atoms with Gasteiger partial charge in [0.15, 0.2) is 0 Å². The number of nitrogens with zero attached hydrogens (tertiary/aromatic N) is 5. The molecule has 23 heavy (non-hydrogen) atoms. The van der Waals surface area contributed by atoms with E-state index in [-0.39, 0.29) is 5.91 Å². The Morgan fingerprint density at radius 2 is 2.26 bits per heavy atom. The number of benzene rings is 1. The molecule has 1 aromatic carbocycles. The van der Waals surface area contributed by atoms with Crippen molar-refractivity contribution >= 4 is 28.7 Å². The summed E-state index contributed by atoms with van der Waals surface area (Å²) in [5.74, 6) is 1.58. The highest BCUT2D eigenvalue weighted by molar-refractivity contribution is 7.99. The first kappa shape index (κ1) is 15.5. The van der Waals surface area contributed by atoms with E-state index in [1.807, 2.05) is 24.3 Å². The van der Waals surface area contributed by atoms with Gasteiger partial charge in [-0.2, -0.15) is 0 Å². The van der Waals surface area contributed by atoms with E-state index < -0.39 is 0 Å². The number of fused-ring (bicyclic) bond motifs is 1. The number of thioether (sulfide) groups is 1. The Bertz CT molecular complexity index is 764. The number of imidazole rings is 1. The maximum Gasteiger partial charge on any atom is 0.220 e. The van der Waals surface area contributed by atoms with E-state index in [1.165, 1.54) is 11.8 Å². The molecule has 2 N–H and O–H groups in total. The largest absolute Gasteiger partial charge is 0.355 e. The van der Waals surface area contributed by atoms with Gasteiger partial charge in [0.05, 0.1) is 11.0 Å². The van der Waals surface area contributed by atoms with Crippen molar-refractivity contribution < 1.29 is 4.79 Å². The minimum absolute atomic E-state index is 0.0159. The van der Waals surface area contributed by atoms with Crippen LogP contribution in [0.1, 0.15) is 12.2 Å². The number of nitrogens with one attached hydrogen (secondary N) is 2. The van der Waals surface area contributed by atoms with Crippen LogP contribution in [0, 0.1) is 0 Å². The van der Waals surface area contributed by atoms with Gasteiger partial charge in [-0.3, -0.25) is 4.79 Å². The van der Waals surface area contributed by atoms with Gasteiger partial charge < -0.3 is 10.3 Å². The third-order valence-electron chi connectivity index (χ3n) is 3.26. The summed E-state index contributed by atoms with van der Waals surface area (Å²) in [5.41, 5.74) is 1.92. The quantitative estimate of drug-likeness (QED) is 0.493. The third-order valence-corrected chi connectivity index (χ3v) is 4.28. The molecule has 9 heteroatoms. The maximum absolute atomic E-state index is 11.9. The van der Waals surface area contributed by atoms with Crippen LogP contribution in [-0.4, -0.2) is 48.4 Å². The summed E-state index contributed by atoms with van der Waals surface area (Å²) in [6.45, 7) is 0.580. The number of hydrogen-bond donors (Lipinski definition) is 2. The predicted molar refractivity (Wildman–Crippen MR) is 86.9 cm³/mol. The average molecular weight is 331 g/mol. The lowest BCUT2D eigenvalue weighted by Gasteiger charge is -2.03. The van der Waals surface area contributed by atoms with Crippen LogP contribution in [0.2, 0.25) is 0 Å². The van der Waals surface area contributed by atoms with Crippen LogP contribution in [-0.2, 0) is 18.3 Å². The normalized spacial score (nSPS) is 11.0. The van der Waals surface area contributed by atoms with Gasteiger partial charge in [-0.25, -0.2) is 9.67 Å². The maximum atomic E-state index is 11.9. The lowest BCUT2D eigenvalue weighted by Crippen LogP contribution is -2.26. The number of aryl methyl sites for hydroxylation is 2. The fourth-order valence-corrected chi connectivity index (χ4v) is 2.82. The molecule has 0 bridgehead atoms. The average Bonchev–Trinajstić information content (AvgIpc) is 3.15. The third kappa shape index (κ3) is 4.07. The summed E-state index contributed by atoms with van der Waals surface area (Å²) < 4.78 is 1.61. The number of carbonyl (C=O) groups is 1. The zero-order valence-electron chi connectivity index (χ0n) is 12.7. The van der Waals surface area contributed by atoms with Gasteiger partial charge in [0.2, 0.25) is 11.1 Å². The number of amides is 1. The Labute approximate surface area is 137 Å². The molecule has 2 aromatic heterocycles. The summed E-state index contributed by atoms with van der Waals surface area (Å²) in [7, 11) is 1.79. The zero-order valence-corrected chi connectivity index (χ0v) is 13.5. The van der Waals surface area contributed by atoms with Gasteiger partial charge in [-0.15, -0.1) is 5.10 Å². The van der Waals surface area contributed by atoms with E-state index in [9.17, 15) is 4.79 Å². The van der Waals surface area contributed by atoms with E-state index in [1.54, 1.807) is 11.7 Å². The minimum atomic E-state index is 0.0159. The van der Waals surface area contributed by atoms with E-state index in [0.717, 1.165) is 27.8 Å². The van der Waals surface area contributed by atoms with Crippen molar-refractivity contribution in [3.63, 3.8) is 0 Å². The number of rotatable bonds is 7. The number of hydrogen-bond acceptors (Lipinski definition) is 6. The Hall–Kier alpha value is -2.42. The molecule has 120 valence electrons. The zero-order chi connectivity index (χ0) is 16.1. The second-order valence-electron chi connectivity index (χ2n) is 4.98. The molecular weight excluding hydrogens is 314 g/mol. The van der Waals surface area contributed by atoms with E-state index in [4.69, 9.17) is 0 Å². The number of aromatic nitrogens is 6. The fraction of sp³-hybridized carbons (Fsp3) is 0.357. The van der Waals surface area contributed by atoms with Crippen molar-refractivity contribution in [2.45, 2.75) is 18.0 Å².